The fourth-order valence-electron chi connectivity index (χ4n) is 3.85. The van der Waals surface area contributed by atoms with E-state index in [0.29, 0.717) is 27.5 Å². The zero-order chi connectivity index (χ0) is 24.9. The Hall–Kier alpha value is -3.78. The second-order valence-corrected chi connectivity index (χ2v) is 8.82. The molecule has 0 unspecified atom stereocenters. The molecule has 1 N–H and O–H groups in total. The summed E-state index contributed by atoms with van der Waals surface area (Å²) in [5.74, 6) is -0.0835. The van der Waals surface area contributed by atoms with Crippen molar-refractivity contribution in [2.24, 2.45) is 0 Å². The molecule has 2 aromatic carbocycles. The number of Topliss-reactive ketones (excluding diaryl/α,β-unsaturated/α-hetero) is 1. The Morgan fingerprint density at radius 3 is 2.60 bits per heavy atom. The molecule has 0 radical (unpaired) electrons. The van der Waals surface area contributed by atoms with Gasteiger partial charge in [0.15, 0.2) is 17.3 Å². The van der Waals surface area contributed by atoms with Crippen molar-refractivity contribution < 1.29 is 23.5 Å². The highest BCUT2D eigenvalue weighted by Gasteiger charge is 2.17. The third-order valence-electron chi connectivity index (χ3n) is 5.59. The van der Waals surface area contributed by atoms with Crippen molar-refractivity contribution in [2.75, 3.05) is 20.8 Å². The van der Waals surface area contributed by atoms with Crippen molar-refractivity contribution in [1.29, 1.82) is 0 Å². The van der Waals surface area contributed by atoms with Gasteiger partial charge in [0.1, 0.15) is 11.5 Å². The van der Waals surface area contributed by atoms with Gasteiger partial charge in [0.05, 0.1) is 31.2 Å². The second kappa shape index (κ2) is 10.7. The van der Waals surface area contributed by atoms with Crippen LogP contribution in [0.15, 0.2) is 53.9 Å². The predicted molar refractivity (Wildman–Crippen MR) is 135 cm³/mol. The Balaban J connectivity index is 1.58. The first-order valence-corrected chi connectivity index (χ1v) is 12.0. The SMILES string of the molecule is CCCc1cc(C(=O)CNC(=O)c2ccc(OC)c(OC)c2)nc(-c2csc3c(F)cccc23)c1. The molecule has 0 aliphatic rings. The molecule has 0 saturated carbocycles. The zero-order valence-corrected chi connectivity index (χ0v) is 20.5. The molecule has 0 aliphatic carbocycles. The summed E-state index contributed by atoms with van der Waals surface area (Å²) in [6.07, 6.45) is 1.66. The summed E-state index contributed by atoms with van der Waals surface area (Å²) < 4.78 is 25.2. The fourth-order valence-corrected chi connectivity index (χ4v) is 4.82. The van der Waals surface area contributed by atoms with Gasteiger partial charge in [0.2, 0.25) is 0 Å². The first-order chi connectivity index (χ1) is 16.9. The van der Waals surface area contributed by atoms with E-state index >= 15 is 0 Å². The average molecular weight is 493 g/mol. The molecule has 0 saturated heterocycles. The van der Waals surface area contributed by atoms with Crippen molar-refractivity contribution >= 4 is 33.1 Å². The van der Waals surface area contributed by atoms with Gasteiger partial charge in [-0.3, -0.25) is 9.59 Å². The number of thiophene rings is 1. The summed E-state index contributed by atoms with van der Waals surface area (Å²) >= 11 is 1.31. The van der Waals surface area contributed by atoms with Crippen LogP contribution in [0, 0.1) is 5.82 Å². The van der Waals surface area contributed by atoms with E-state index in [0.717, 1.165) is 29.4 Å². The van der Waals surface area contributed by atoms with Gasteiger partial charge in [-0.05, 0) is 48.4 Å². The van der Waals surface area contributed by atoms with Gasteiger partial charge in [-0.2, -0.15) is 0 Å². The number of halogens is 1. The number of nitrogens with one attached hydrogen (secondary N) is 1. The Bertz CT molecular complexity index is 1400. The summed E-state index contributed by atoms with van der Waals surface area (Å²) in [5.41, 5.74) is 2.96. The first-order valence-electron chi connectivity index (χ1n) is 11.2. The lowest BCUT2D eigenvalue weighted by molar-refractivity contribution is 0.0902. The van der Waals surface area contributed by atoms with Gasteiger partial charge in [0.25, 0.3) is 5.91 Å². The van der Waals surface area contributed by atoms with Crippen LogP contribution >= 0.6 is 11.3 Å². The molecule has 4 rings (SSSR count). The largest absolute Gasteiger partial charge is 0.493 e. The Kier molecular flexibility index (Phi) is 7.41. The molecular formula is C27H25FN2O4S. The van der Waals surface area contributed by atoms with E-state index in [9.17, 15) is 14.0 Å². The number of carbonyl (C=O) groups is 2. The Morgan fingerprint density at radius 2 is 1.86 bits per heavy atom. The molecule has 8 heteroatoms. The molecule has 0 bridgehead atoms. The lowest BCUT2D eigenvalue weighted by atomic mass is 10.0. The van der Waals surface area contributed by atoms with Crippen LogP contribution in [0.25, 0.3) is 21.3 Å². The van der Waals surface area contributed by atoms with E-state index in [1.165, 1.54) is 31.6 Å². The normalized spacial score (nSPS) is 10.9. The van der Waals surface area contributed by atoms with E-state index in [4.69, 9.17) is 9.47 Å². The molecule has 4 aromatic rings. The van der Waals surface area contributed by atoms with Crippen LogP contribution in [0.5, 0.6) is 11.5 Å². The maximum Gasteiger partial charge on any atom is 0.251 e. The lowest BCUT2D eigenvalue weighted by Gasteiger charge is -2.11. The Morgan fingerprint density at radius 1 is 1.06 bits per heavy atom. The number of methoxy groups -OCH3 is 2. The number of fused-ring (bicyclic) bond motifs is 1. The second-order valence-electron chi connectivity index (χ2n) is 7.94. The molecule has 35 heavy (non-hydrogen) atoms. The van der Waals surface area contributed by atoms with Crippen molar-refractivity contribution in [3.8, 4) is 22.8 Å². The zero-order valence-electron chi connectivity index (χ0n) is 19.7. The lowest BCUT2D eigenvalue weighted by Crippen LogP contribution is -2.30. The van der Waals surface area contributed by atoms with Crippen LogP contribution in [0.2, 0.25) is 0 Å². The number of ether oxygens (including phenoxy) is 2. The third kappa shape index (κ3) is 5.17. The average Bonchev–Trinajstić information content (AvgIpc) is 3.32. The van der Waals surface area contributed by atoms with E-state index in [1.54, 1.807) is 30.3 Å². The van der Waals surface area contributed by atoms with Gasteiger partial charge in [-0.25, -0.2) is 9.37 Å². The van der Waals surface area contributed by atoms with Crippen LogP contribution in [0.1, 0.15) is 39.8 Å². The van der Waals surface area contributed by atoms with Crippen molar-refractivity contribution in [3.63, 3.8) is 0 Å². The Labute approximate surface area is 206 Å². The molecule has 2 aromatic heterocycles. The number of aromatic nitrogens is 1. The van der Waals surface area contributed by atoms with Crippen LogP contribution in [0.3, 0.4) is 0 Å². The van der Waals surface area contributed by atoms with Gasteiger partial charge < -0.3 is 14.8 Å². The minimum atomic E-state index is -0.413. The summed E-state index contributed by atoms with van der Waals surface area (Å²) in [6, 6.07) is 13.4. The van der Waals surface area contributed by atoms with E-state index in [1.807, 2.05) is 17.5 Å². The number of amides is 1. The number of rotatable bonds is 9. The highest BCUT2D eigenvalue weighted by molar-refractivity contribution is 7.17. The fraction of sp³-hybridized carbons (Fsp3) is 0.222. The number of hydrogen-bond acceptors (Lipinski definition) is 6. The van der Waals surface area contributed by atoms with Gasteiger partial charge in [0, 0.05) is 21.9 Å². The van der Waals surface area contributed by atoms with Crippen LogP contribution in [-0.4, -0.2) is 37.4 Å². The number of benzene rings is 2. The highest BCUT2D eigenvalue weighted by Crippen LogP contribution is 2.35. The number of hydrogen-bond donors (Lipinski definition) is 1. The summed E-state index contributed by atoms with van der Waals surface area (Å²) in [7, 11) is 3.00. The molecule has 1 amide bonds. The molecule has 180 valence electrons. The van der Waals surface area contributed by atoms with Crippen molar-refractivity contribution in [2.45, 2.75) is 19.8 Å². The van der Waals surface area contributed by atoms with Crippen LogP contribution < -0.4 is 14.8 Å². The van der Waals surface area contributed by atoms with Gasteiger partial charge in [-0.15, -0.1) is 11.3 Å². The third-order valence-corrected chi connectivity index (χ3v) is 6.60. The number of nitrogens with zero attached hydrogens (tertiary/aromatic N) is 1. The quantitative estimate of drug-likeness (QED) is 0.304. The smallest absolute Gasteiger partial charge is 0.251 e. The summed E-state index contributed by atoms with van der Waals surface area (Å²) in [5, 5.41) is 5.28. The minimum absolute atomic E-state index is 0.214. The monoisotopic (exact) mass is 492 g/mol. The maximum absolute atomic E-state index is 14.2. The van der Waals surface area contributed by atoms with Crippen LogP contribution in [0.4, 0.5) is 4.39 Å². The van der Waals surface area contributed by atoms with E-state index in [-0.39, 0.29) is 23.8 Å². The molecule has 0 atom stereocenters. The number of aryl methyl sites for hydroxylation is 1. The number of ketones is 1. The summed E-state index contributed by atoms with van der Waals surface area (Å²) in [6.45, 7) is 1.84. The predicted octanol–water partition coefficient (Wildman–Crippen LogP) is 5.68. The topological polar surface area (TPSA) is 77.5 Å². The van der Waals surface area contributed by atoms with Gasteiger partial charge >= 0.3 is 0 Å². The maximum atomic E-state index is 14.2. The standard InChI is InChI=1S/C27H25FN2O4S/c1-4-6-16-11-21(19-15-35-26-18(19)7-5-8-20(26)28)30-22(12-16)23(31)14-29-27(32)17-9-10-24(33-2)25(13-17)34-3/h5,7-13,15H,4,6,14H2,1-3H3,(H,29,32). The number of carbonyl (C=O) groups excluding carboxylic acids is 2. The molecule has 0 aliphatic heterocycles. The van der Waals surface area contributed by atoms with E-state index in [2.05, 4.69) is 17.2 Å². The molecule has 6 nitrogen and oxygen atoms in total. The van der Waals surface area contributed by atoms with Crippen LogP contribution in [-0.2, 0) is 6.42 Å². The molecule has 0 fully saturated rings. The van der Waals surface area contributed by atoms with Gasteiger partial charge in [-0.1, -0.05) is 25.5 Å². The van der Waals surface area contributed by atoms with E-state index < -0.39 is 5.91 Å². The number of pyridine rings is 1. The molecule has 0 spiro atoms. The molecule has 2 heterocycles. The summed E-state index contributed by atoms with van der Waals surface area (Å²) in [4.78, 5) is 30.2. The minimum Gasteiger partial charge on any atom is -0.493 e. The first kappa shape index (κ1) is 24.3. The molecular weight excluding hydrogens is 467 g/mol. The van der Waals surface area contributed by atoms with Crippen molar-refractivity contribution in [3.05, 3.63) is 76.5 Å². The van der Waals surface area contributed by atoms with Crippen molar-refractivity contribution in [1.82, 2.24) is 10.3 Å². The highest BCUT2D eigenvalue weighted by atomic mass is 32.1.